The predicted molar refractivity (Wildman–Crippen MR) is 108 cm³/mol. The van der Waals surface area contributed by atoms with Gasteiger partial charge in [-0.15, -0.1) is 0 Å². The van der Waals surface area contributed by atoms with Crippen LogP contribution in [0.3, 0.4) is 0 Å². The van der Waals surface area contributed by atoms with Crippen LogP contribution >= 0.6 is 11.6 Å². The van der Waals surface area contributed by atoms with Gasteiger partial charge in [0, 0.05) is 12.0 Å². The fraction of sp³-hybridized carbons (Fsp3) is 0.158. The number of methoxy groups -OCH3 is 1. The Labute approximate surface area is 167 Å². The topological polar surface area (TPSA) is 101 Å². The van der Waals surface area contributed by atoms with Crippen molar-refractivity contribution in [3.05, 3.63) is 80.7 Å². The maximum absolute atomic E-state index is 12.6. The van der Waals surface area contributed by atoms with Crippen LogP contribution in [0.5, 0.6) is 5.75 Å². The molecule has 146 valence electrons. The van der Waals surface area contributed by atoms with E-state index in [1.54, 1.807) is 37.3 Å². The van der Waals surface area contributed by atoms with Crippen molar-refractivity contribution < 1.29 is 13.2 Å². The van der Waals surface area contributed by atoms with E-state index >= 15 is 0 Å². The molecule has 3 aromatic rings. The van der Waals surface area contributed by atoms with Crippen molar-refractivity contribution in [2.75, 3.05) is 11.8 Å². The molecule has 0 amide bonds. The van der Waals surface area contributed by atoms with Gasteiger partial charge in [-0.3, -0.25) is 9.52 Å². The lowest BCUT2D eigenvalue weighted by Gasteiger charge is -2.10. The summed E-state index contributed by atoms with van der Waals surface area (Å²) in [7, 11) is -2.30. The second-order valence-corrected chi connectivity index (χ2v) is 8.23. The van der Waals surface area contributed by atoms with Crippen LogP contribution in [0.25, 0.3) is 0 Å². The zero-order valence-corrected chi connectivity index (χ0v) is 16.8. The Bertz CT molecular complexity index is 1160. The van der Waals surface area contributed by atoms with Gasteiger partial charge in [0.25, 0.3) is 15.6 Å². The van der Waals surface area contributed by atoms with E-state index < -0.39 is 10.0 Å². The van der Waals surface area contributed by atoms with E-state index in [9.17, 15) is 13.2 Å². The summed E-state index contributed by atoms with van der Waals surface area (Å²) >= 11 is 6.03. The molecule has 3 rings (SSSR count). The number of sulfonamides is 1. The molecule has 0 radical (unpaired) electrons. The Morgan fingerprint density at radius 3 is 2.50 bits per heavy atom. The minimum Gasteiger partial charge on any atom is -0.495 e. The molecule has 0 fully saturated rings. The summed E-state index contributed by atoms with van der Waals surface area (Å²) in [6.07, 6.45) is 0.376. The summed E-state index contributed by atoms with van der Waals surface area (Å²) in [6.45, 7) is 1.78. The van der Waals surface area contributed by atoms with Crippen LogP contribution in [0.4, 0.5) is 5.69 Å². The number of ether oxygens (including phenoxy) is 1. The standard InChI is InChI=1S/C19H18ClN3O4S/c1-12-9-14(19(24)22-21-12)10-13-3-6-16(7-4-13)28(25,26)23-15-5-8-18(27-2)17(20)11-15/h3-9,11,23H,10H2,1-2H3,(H,22,24). The molecule has 0 atom stereocenters. The lowest BCUT2D eigenvalue weighted by Crippen LogP contribution is -2.15. The van der Waals surface area contributed by atoms with Crippen molar-refractivity contribution in [1.82, 2.24) is 10.2 Å². The lowest BCUT2D eigenvalue weighted by molar-refractivity contribution is 0.415. The monoisotopic (exact) mass is 419 g/mol. The third-order valence-corrected chi connectivity index (χ3v) is 5.73. The van der Waals surface area contributed by atoms with Crippen LogP contribution in [-0.2, 0) is 16.4 Å². The molecule has 0 spiro atoms. The highest BCUT2D eigenvalue weighted by Crippen LogP contribution is 2.28. The van der Waals surface area contributed by atoms with E-state index in [1.807, 2.05) is 0 Å². The van der Waals surface area contributed by atoms with E-state index in [0.717, 1.165) is 5.56 Å². The number of benzene rings is 2. The highest BCUT2D eigenvalue weighted by molar-refractivity contribution is 7.92. The lowest BCUT2D eigenvalue weighted by atomic mass is 10.1. The van der Waals surface area contributed by atoms with Gasteiger partial charge in [0.1, 0.15) is 5.75 Å². The van der Waals surface area contributed by atoms with E-state index in [-0.39, 0.29) is 10.5 Å². The summed E-state index contributed by atoms with van der Waals surface area (Å²) in [4.78, 5) is 11.9. The molecule has 1 heterocycles. The largest absolute Gasteiger partial charge is 0.495 e. The van der Waals surface area contributed by atoms with E-state index in [1.165, 1.54) is 25.3 Å². The number of aromatic nitrogens is 2. The Morgan fingerprint density at radius 1 is 1.14 bits per heavy atom. The highest BCUT2D eigenvalue weighted by Gasteiger charge is 2.15. The minimum absolute atomic E-state index is 0.100. The molecule has 9 heteroatoms. The first kappa shape index (κ1) is 19.9. The quantitative estimate of drug-likeness (QED) is 0.639. The zero-order valence-electron chi connectivity index (χ0n) is 15.2. The van der Waals surface area contributed by atoms with Crippen molar-refractivity contribution in [2.24, 2.45) is 0 Å². The molecule has 0 saturated heterocycles. The molecule has 7 nitrogen and oxygen atoms in total. The third-order valence-electron chi connectivity index (χ3n) is 4.04. The number of hydrogen-bond acceptors (Lipinski definition) is 5. The molecule has 0 aliphatic heterocycles. The Hall–Kier alpha value is -2.84. The Balaban J connectivity index is 1.79. The number of aromatic amines is 1. The third kappa shape index (κ3) is 4.52. The molecule has 0 aliphatic rings. The van der Waals surface area contributed by atoms with Crippen molar-refractivity contribution >= 4 is 27.3 Å². The molecule has 1 aromatic heterocycles. The summed E-state index contributed by atoms with van der Waals surface area (Å²) < 4.78 is 32.7. The highest BCUT2D eigenvalue weighted by atomic mass is 35.5. The van der Waals surface area contributed by atoms with Crippen LogP contribution in [0.1, 0.15) is 16.8 Å². The number of rotatable bonds is 6. The number of nitrogens with zero attached hydrogens (tertiary/aromatic N) is 1. The van der Waals surface area contributed by atoms with Crippen LogP contribution in [0, 0.1) is 6.92 Å². The van der Waals surface area contributed by atoms with Crippen molar-refractivity contribution in [3.8, 4) is 5.75 Å². The van der Waals surface area contributed by atoms with Gasteiger partial charge in [-0.25, -0.2) is 13.5 Å². The van der Waals surface area contributed by atoms with E-state index in [4.69, 9.17) is 16.3 Å². The molecule has 0 unspecified atom stereocenters. The number of anilines is 1. The number of H-pyrrole nitrogens is 1. The van der Waals surface area contributed by atoms with Gasteiger partial charge in [0.15, 0.2) is 0 Å². The smallest absolute Gasteiger partial charge is 0.267 e. The molecule has 0 bridgehead atoms. The predicted octanol–water partition coefficient (Wildman–Crippen LogP) is 3.13. The van der Waals surface area contributed by atoms with Crippen molar-refractivity contribution in [3.63, 3.8) is 0 Å². The van der Waals surface area contributed by atoms with Crippen LogP contribution in [0.15, 0.2) is 58.2 Å². The van der Waals surface area contributed by atoms with Gasteiger partial charge >= 0.3 is 0 Å². The molecule has 2 N–H and O–H groups in total. The number of halogens is 1. The summed E-state index contributed by atoms with van der Waals surface area (Å²) in [5, 5.41) is 6.58. The van der Waals surface area contributed by atoms with E-state index in [2.05, 4.69) is 14.9 Å². The maximum Gasteiger partial charge on any atom is 0.267 e. The summed E-state index contributed by atoms with van der Waals surface area (Å²) in [6, 6.07) is 12.7. The number of aryl methyl sites for hydroxylation is 1. The van der Waals surface area contributed by atoms with E-state index in [0.29, 0.717) is 34.1 Å². The molecule has 2 aromatic carbocycles. The zero-order chi connectivity index (χ0) is 20.3. The van der Waals surface area contributed by atoms with Gasteiger partial charge in [-0.2, -0.15) is 5.10 Å². The van der Waals surface area contributed by atoms with Crippen LogP contribution in [0.2, 0.25) is 5.02 Å². The van der Waals surface area contributed by atoms with Crippen LogP contribution in [-0.4, -0.2) is 25.7 Å². The number of nitrogens with one attached hydrogen (secondary N) is 2. The van der Waals surface area contributed by atoms with Gasteiger partial charge in [-0.1, -0.05) is 23.7 Å². The van der Waals surface area contributed by atoms with Crippen molar-refractivity contribution in [2.45, 2.75) is 18.2 Å². The summed E-state index contributed by atoms with van der Waals surface area (Å²) in [5.41, 5.74) is 2.14. The Morgan fingerprint density at radius 2 is 1.86 bits per heavy atom. The first-order valence-electron chi connectivity index (χ1n) is 8.29. The van der Waals surface area contributed by atoms with Crippen LogP contribution < -0.4 is 15.0 Å². The fourth-order valence-electron chi connectivity index (χ4n) is 2.64. The average Bonchev–Trinajstić information content (AvgIpc) is 2.65. The fourth-order valence-corrected chi connectivity index (χ4v) is 3.95. The second-order valence-electron chi connectivity index (χ2n) is 6.14. The first-order valence-corrected chi connectivity index (χ1v) is 10.1. The second kappa shape index (κ2) is 8.04. The SMILES string of the molecule is COc1ccc(NS(=O)(=O)c2ccc(Cc3cc(C)n[nH]c3=O)cc2)cc1Cl. The molecule has 0 saturated carbocycles. The molecule has 28 heavy (non-hydrogen) atoms. The van der Waals surface area contributed by atoms with Gasteiger partial charge in [0.05, 0.1) is 28.4 Å². The minimum atomic E-state index is -3.78. The van der Waals surface area contributed by atoms with Gasteiger partial charge in [-0.05, 0) is 48.9 Å². The maximum atomic E-state index is 12.6. The first-order chi connectivity index (χ1) is 13.3. The molecule has 0 aliphatic carbocycles. The van der Waals surface area contributed by atoms with Gasteiger partial charge in [0.2, 0.25) is 0 Å². The number of hydrogen-bond donors (Lipinski definition) is 2. The normalized spacial score (nSPS) is 11.2. The van der Waals surface area contributed by atoms with Crippen molar-refractivity contribution in [1.29, 1.82) is 0 Å². The average molecular weight is 420 g/mol. The molecular weight excluding hydrogens is 402 g/mol. The summed E-state index contributed by atoms with van der Waals surface area (Å²) in [5.74, 6) is 0.454. The molecular formula is C19H18ClN3O4S. The van der Waals surface area contributed by atoms with Gasteiger partial charge < -0.3 is 4.74 Å². The Kier molecular flexibility index (Phi) is 5.71.